The van der Waals surface area contributed by atoms with Crippen LogP contribution in [0.2, 0.25) is 0 Å². The van der Waals surface area contributed by atoms with Crippen molar-refractivity contribution in [1.29, 1.82) is 0 Å². The zero-order valence-electron chi connectivity index (χ0n) is 19.5. The summed E-state index contributed by atoms with van der Waals surface area (Å²) in [5.41, 5.74) is 12.5. The molecule has 0 radical (unpaired) electrons. The molecule has 0 heterocycles. The van der Waals surface area contributed by atoms with Crippen molar-refractivity contribution in [2.45, 2.75) is 19.3 Å². The topological polar surface area (TPSA) is 12.0 Å². The zero-order valence-corrected chi connectivity index (χ0v) is 19.5. The van der Waals surface area contributed by atoms with Crippen molar-refractivity contribution < 1.29 is 0 Å². The van der Waals surface area contributed by atoms with Gasteiger partial charge in [-0.25, -0.2) is 0 Å². The summed E-state index contributed by atoms with van der Waals surface area (Å²) in [6.07, 6.45) is 0. The summed E-state index contributed by atoms with van der Waals surface area (Å²) in [6.45, 7) is 4.67. The van der Waals surface area contributed by atoms with Crippen molar-refractivity contribution in [3.8, 4) is 33.4 Å². The highest BCUT2D eigenvalue weighted by molar-refractivity contribution is 6.00. The fourth-order valence-corrected chi connectivity index (χ4v) is 5.38. The van der Waals surface area contributed by atoms with Crippen LogP contribution in [0, 0.1) is 0 Å². The molecule has 5 aromatic carbocycles. The maximum absolute atomic E-state index is 3.92. The fourth-order valence-electron chi connectivity index (χ4n) is 5.38. The van der Waals surface area contributed by atoms with Gasteiger partial charge in [0.1, 0.15) is 0 Å². The van der Waals surface area contributed by atoms with Crippen LogP contribution in [0.25, 0.3) is 33.4 Å². The number of benzene rings is 5. The number of para-hydroxylation sites is 1. The first-order chi connectivity index (χ1) is 16.6. The molecule has 0 aromatic heterocycles. The minimum atomic E-state index is -0.0451. The third-order valence-electron chi connectivity index (χ3n) is 7.10. The first kappa shape index (κ1) is 20.5. The number of hydrogen-bond donors (Lipinski definition) is 1. The van der Waals surface area contributed by atoms with Gasteiger partial charge in [-0.3, -0.25) is 0 Å². The molecule has 1 aliphatic rings. The molecule has 6 rings (SSSR count). The standard InChI is InChI=1S/C33H27N/c1-33(2)28-19-11-9-18-27(28)31-29(33)22-21-26(24-15-7-4-8-16-24)32(31)34-30-20-12-10-17-25(30)23-13-5-3-6-14-23/h3-22,34H,1-2H3. The van der Waals surface area contributed by atoms with Gasteiger partial charge >= 0.3 is 0 Å². The van der Waals surface area contributed by atoms with E-state index >= 15 is 0 Å². The van der Waals surface area contributed by atoms with E-state index in [0.717, 1.165) is 5.69 Å². The Morgan fingerprint density at radius 1 is 0.471 bits per heavy atom. The third-order valence-corrected chi connectivity index (χ3v) is 7.10. The molecule has 34 heavy (non-hydrogen) atoms. The summed E-state index contributed by atoms with van der Waals surface area (Å²) in [4.78, 5) is 0. The highest BCUT2D eigenvalue weighted by Crippen LogP contribution is 2.54. The van der Waals surface area contributed by atoms with Gasteiger partial charge in [0.25, 0.3) is 0 Å². The number of hydrogen-bond acceptors (Lipinski definition) is 1. The molecule has 0 spiro atoms. The molecular weight excluding hydrogens is 410 g/mol. The Balaban J connectivity index is 1.62. The van der Waals surface area contributed by atoms with Crippen LogP contribution in [0.4, 0.5) is 11.4 Å². The molecule has 0 saturated carbocycles. The van der Waals surface area contributed by atoms with Crippen molar-refractivity contribution in [3.05, 3.63) is 132 Å². The maximum atomic E-state index is 3.92. The van der Waals surface area contributed by atoms with E-state index in [9.17, 15) is 0 Å². The van der Waals surface area contributed by atoms with E-state index in [2.05, 4.69) is 140 Å². The van der Waals surface area contributed by atoms with Crippen molar-refractivity contribution in [1.82, 2.24) is 0 Å². The lowest BCUT2D eigenvalue weighted by Crippen LogP contribution is -2.15. The van der Waals surface area contributed by atoms with Crippen molar-refractivity contribution in [2.75, 3.05) is 5.32 Å². The van der Waals surface area contributed by atoms with E-state index in [4.69, 9.17) is 0 Å². The van der Waals surface area contributed by atoms with Crippen molar-refractivity contribution in [2.24, 2.45) is 0 Å². The van der Waals surface area contributed by atoms with Gasteiger partial charge in [-0.2, -0.15) is 0 Å². The van der Waals surface area contributed by atoms with Crippen LogP contribution in [0.3, 0.4) is 0 Å². The zero-order chi connectivity index (χ0) is 23.1. The molecule has 0 saturated heterocycles. The van der Waals surface area contributed by atoms with Crippen molar-refractivity contribution in [3.63, 3.8) is 0 Å². The number of nitrogens with one attached hydrogen (secondary N) is 1. The van der Waals surface area contributed by atoms with Gasteiger partial charge < -0.3 is 5.32 Å². The average molecular weight is 438 g/mol. The van der Waals surface area contributed by atoms with Crippen molar-refractivity contribution >= 4 is 11.4 Å². The predicted molar refractivity (Wildman–Crippen MR) is 145 cm³/mol. The Kier molecular flexibility index (Phi) is 4.85. The summed E-state index contributed by atoms with van der Waals surface area (Å²) >= 11 is 0. The minimum absolute atomic E-state index is 0.0451. The van der Waals surface area contributed by atoms with Crippen LogP contribution in [-0.4, -0.2) is 0 Å². The molecule has 5 aromatic rings. The summed E-state index contributed by atoms with van der Waals surface area (Å²) in [6, 6.07) is 43.4. The summed E-state index contributed by atoms with van der Waals surface area (Å²) in [7, 11) is 0. The molecule has 0 bridgehead atoms. The molecular formula is C33H27N. The molecule has 0 unspecified atom stereocenters. The average Bonchev–Trinajstić information content (AvgIpc) is 3.13. The monoisotopic (exact) mass is 437 g/mol. The lowest BCUT2D eigenvalue weighted by molar-refractivity contribution is 0.660. The highest BCUT2D eigenvalue weighted by atomic mass is 14.9. The van der Waals surface area contributed by atoms with E-state index in [-0.39, 0.29) is 5.41 Å². The Labute approximate surface area is 201 Å². The molecule has 0 aliphatic heterocycles. The highest BCUT2D eigenvalue weighted by Gasteiger charge is 2.37. The second-order valence-electron chi connectivity index (χ2n) is 9.48. The first-order valence-corrected chi connectivity index (χ1v) is 11.9. The van der Waals surface area contributed by atoms with E-state index in [1.807, 2.05) is 0 Å². The molecule has 0 amide bonds. The number of fused-ring (bicyclic) bond motifs is 3. The molecule has 1 heteroatoms. The fraction of sp³-hybridized carbons (Fsp3) is 0.0909. The second-order valence-corrected chi connectivity index (χ2v) is 9.48. The normalized spacial score (nSPS) is 13.2. The first-order valence-electron chi connectivity index (χ1n) is 11.9. The third kappa shape index (κ3) is 3.24. The van der Waals surface area contributed by atoms with Gasteiger partial charge in [-0.05, 0) is 33.9 Å². The van der Waals surface area contributed by atoms with Crippen LogP contribution < -0.4 is 5.32 Å². The van der Waals surface area contributed by atoms with Gasteiger partial charge in [-0.15, -0.1) is 0 Å². The van der Waals surface area contributed by atoms with Crippen LogP contribution >= 0.6 is 0 Å². The molecule has 0 atom stereocenters. The molecule has 0 fully saturated rings. The van der Waals surface area contributed by atoms with E-state index in [1.54, 1.807) is 0 Å². The molecule has 1 N–H and O–H groups in total. The Morgan fingerprint density at radius 2 is 1.03 bits per heavy atom. The van der Waals surface area contributed by atoms with Gasteiger partial charge in [0.2, 0.25) is 0 Å². The van der Waals surface area contributed by atoms with Crippen LogP contribution in [0.5, 0.6) is 0 Å². The largest absolute Gasteiger partial charge is 0.354 e. The van der Waals surface area contributed by atoms with Crippen LogP contribution in [-0.2, 0) is 5.41 Å². The van der Waals surface area contributed by atoms with E-state index in [1.165, 1.54) is 50.2 Å². The second kappa shape index (κ2) is 8.04. The molecule has 164 valence electrons. The van der Waals surface area contributed by atoms with E-state index in [0.29, 0.717) is 0 Å². The summed E-state index contributed by atoms with van der Waals surface area (Å²) in [5.74, 6) is 0. The number of rotatable bonds is 4. The molecule has 1 aliphatic carbocycles. The smallest absolute Gasteiger partial charge is 0.0546 e. The Hall–Kier alpha value is -4.10. The lowest BCUT2D eigenvalue weighted by Gasteiger charge is -2.23. The minimum Gasteiger partial charge on any atom is -0.354 e. The van der Waals surface area contributed by atoms with Gasteiger partial charge in [-0.1, -0.05) is 129 Å². The van der Waals surface area contributed by atoms with Gasteiger partial charge in [0, 0.05) is 27.8 Å². The van der Waals surface area contributed by atoms with E-state index < -0.39 is 0 Å². The molecule has 1 nitrogen and oxygen atoms in total. The van der Waals surface area contributed by atoms with Gasteiger partial charge in [0.05, 0.1) is 5.69 Å². The van der Waals surface area contributed by atoms with Crippen LogP contribution in [0.1, 0.15) is 25.0 Å². The van der Waals surface area contributed by atoms with Crippen LogP contribution in [0.15, 0.2) is 121 Å². The Morgan fingerprint density at radius 3 is 1.74 bits per heavy atom. The quantitative estimate of drug-likeness (QED) is 0.296. The van der Waals surface area contributed by atoms with Gasteiger partial charge in [0.15, 0.2) is 0 Å². The Bertz CT molecular complexity index is 1480. The maximum Gasteiger partial charge on any atom is 0.0546 e. The summed E-state index contributed by atoms with van der Waals surface area (Å²) < 4.78 is 0. The summed E-state index contributed by atoms with van der Waals surface area (Å²) in [5, 5.41) is 3.92. The SMILES string of the molecule is CC1(C)c2ccccc2-c2c1ccc(-c1ccccc1)c2Nc1ccccc1-c1ccccc1. The number of anilines is 2. The predicted octanol–water partition coefficient (Wildman–Crippen LogP) is 9.07. The lowest BCUT2D eigenvalue weighted by atomic mass is 9.82.